The Morgan fingerprint density at radius 2 is 1.65 bits per heavy atom. The van der Waals surface area contributed by atoms with Gasteiger partial charge in [0.15, 0.2) is 0 Å². The third-order valence-electron chi connectivity index (χ3n) is 3.21. The highest BCUT2D eigenvalue weighted by atomic mass is 16.5. The van der Waals surface area contributed by atoms with Crippen LogP contribution in [-0.2, 0) is 6.54 Å². The quantitative estimate of drug-likeness (QED) is 0.863. The van der Waals surface area contributed by atoms with Crippen molar-refractivity contribution in [3.8, 4) is 11.5 Å². The van der Waals surface area contributed by atoms with E-state index in [0.29, 0.717) is 12.4 Å². The average Bonchev–Trinajstić information content (AvgIpc) is 2.44. The molecule has 0 fully saturated rings. The van der Waals surface area contributed by atoms with Gasteiger partial charge in [-0.15, -0.1) is 0 Å². The molecule has 0 aliphatic carbocycles. The maximum atomic E-state index is 9.76. The molecule has 0 atom stereocenters. The zero-order valence-electron chi connectivity index (χ0n) is 12.2. The molecule has 0 radical (unpaired) electrons. The van der Waals surface area contributed by atoms with E-state index in [1.54, 1.807) is 0 Å². The fourth-order valence-corrected chi connectivity index (χ4v) is 2.19. The number of anilines is 1. The molecular weight excluding hydrogens is 250 g/mol. The van der Waals surface area contributed by atoms with E-state index < -0.39 is 0 Å². The number of aryl methyl sites for hydroxylation is 2. The van der Waals surface area contributed by atoms with Gasteiger partial charge in [-0.1, -0.05) is 12.1 Å². The first-order chi connectivity index (χ1) is 9.60. The topological polar surface area (TPSA) is 41.5 Å². The van der Waals surface area contributed by atoms with Crippen LogP contribution in [0.4, 0.5) is 5.69 Å². The highest BCUT2D eigenvalue weighted by Crippen LogP contribution is 2.23. The first kappa shape index (κ1) is 14.3. The van der Waals surface area contributed by atoms with Crippen LogP contribution in [0.15, 0.2) is 36.4 Å². The molecule has 0 unspecified atom stereocenters. The van der Waals surface area contributed by atoms with Crippen LogP contribution in [0.1, 0.15) is 23.6 Å². The molecule has 2 aromatic carbocycles. The van der Waals surface area contributed by atoms with Crippen LogP contribution in [-0.4, -0.2) is 11.7 Å². The second-order valence-electron chi connectivity index (χ2n) is 4.89. The largest absolute Gasteiger partial charge is 0.507 e. The number of phenolic OH excluding ortho intramolecular Hbond substituents is 1. The van der Waals surface area contributed by atoms with Crippen LogP contribution in [0.3, 0.4) is 0 Å². The molecule has 0 amide bonds. The molecule has 2 aromatic rings. The van der Waals surface area contributed by atoms with Crippen molar-refractivity contribution in [3.05, 3.63) is 53.1 Å². The molecule has 0 aliphatic heterocycles. The Hall–Kier alpha value is -2.16. The predicted octanol–water partition coefficient (Wildman–Crippen LogP) is 4.02. The van der Waals surface area contributed by atoms with Crippen LogP contribution < -0.4 is 10.1 Å². The van der Waals surface area contributed by atoms with Crippen LogP contribution in [0, 0.1) is 13.8 Å². The summed E-state index contributed by atoms with van der Waals surface area (Å²) in [5, 5.41) is 13.1. The van der Waals surface area contributed by atoms with Crippen LogP contribution in [0.25, 0.3) is 0 Å². The smallest absolute Gasteiger partial charge is 0.121 e. The van der Waals surface area contributed by atoms with Gasteiger partial charge in [0.25, 0.3) is 0 Å². The van der Waals surface area contributed by atoms with Gasteiger partial charge in [0.05, 0.1) is 6.61 Å². The first-order valence-electron chi connectivity index (χ1n) is 6.86. The number of phenols is 1. The number of hydrogen-bond donors (Lipinski definition) is 2. The second-order valence-corrected chi connectivity index (χ2v) is 4.89. The molecule has 2 N–H and O–H groups in total. The zero-order valence-corrected chi connectivity index (χ0v) is 12.2. The SMILES string of the molecule is CCOc1ccc(NCc2cc(C)c(O)c(C)c2)cc1. The molecule has 0 aliphatic rings. The zero-order chi connectivity index (χ0) is 14.5. The molecule has 0 aromatic heterocycles. The van der Waals surface area contributed by atoms with Crippen molar-refractivity contribution in [1.82, 2.24) is 0 Å². The lowest BCUT2D eigenvalue weighted by Crippen LogP contribution is -2.00. The Morgan fingerprint density at radius 1 is 1.05 bits per heavy atom. The number of ether oxygens (including phenoxy) is 1. The minimum absolute atomic E-state index is 0.384. The molecule has 0 spiro atoms. The van der Waals surface area contributed by atoms with Crippen molar-refractivity contribution in [2.75, 3.05) is 11.9 Å². The lowest BCUT2D eigenvalue weighted by molar-refractivity contribution is 0.340. The van der Waals surface area contributed by atoms with Gasteiger partial charge < -0.3 is 15.2 Å². The lowest BCUT2D eigenvalue weighted by Gasteiger charge is -2.11. The maximum absolute atomic E-state index is 9.76. The van der Waals surface area contributed by atoms with Crippen molar-refractivity contribution in [3.63, 3.8) is 0 Å². The second kappa shape index (κ2) is 6.33. The molecule has 3 nitrogen and oxygen atoms in total. The standard InChI is InChI=1S/C17H21NO2/c1-4-20-16-7-5-15(6-8-16)18-11-14-9-12(2)17(19)13(3)10-14/h5-10,18-19H,4,11H2,1-3H3. The molecular formula is C17H21NO2. The summed E-state index contributed by atoms with van der Waals surface area (Å²) in [7, 11) is 0. The summed E-state index contributed by atoms with van der Waals surface area (Å²) < 4.78 is 5.41. The Kier molecular flexibility index (Phi) is 4.51. The van der Waals surface area contributed by atoms with E-state index >= 15 is 0 Å². The maximum Gasteiger partial charge on any atom is 0.121 e. The Labute approximate surface area is 120 Å². The number of benzene rings is 2. The summed E-state index contributed by atoms with van der Waals surface area (Å²) in [4.78, 5) is 0. The molecule has 20 heavy (non-hydrogen) atoms. The highest BCUT2D eigenvalue weighted by Gasteiger charge is 2.03. The number of rotatable bonds is 5. The number of hydrogen-bond acceptors (Lipinski definition) is 3. The van der Waals surface area contributed by atoms with Gasteiger partial charge in [-0.05, 0) is 61.7 Å². The van der Waals surface area contributed by atoms with E-state index in [2.05, 4.69) is 5.32 Å². The number of aromatic hydroxyl groups is 1. The fourth-order valence-electron chi connectivity index (χ4n) is 2.19. The molecule has 106 valence electrons. The summed E-state index contributed by atoms with van der Waals surface area (Å²) >= 11 is 0. The summed E-state index contributed by atoms with van der Waals surface area (Å²) in [6.45, 7) is 7.22. The Bertz CT molecular complexity index is 553. The minimum Gasteiger partial charge on any atom is -0.507 e. The van der Waals surface area contributed by atoms with E-state index in [9.17, 15) is 5.11 Å². The number of nitrogens with one attached hydrogen (secondary N) is 1. The molecule has 3 heteroatoms. The normalized spacial score (nSPS) is 10.3. The van der Waals surface area contributed by atoms with E-state index in [-0.39, 0.29) is 0 Å². The summed E-state index contributed by atoms with van der Waals surface area (Å²) in [5.41, 5.74) is 4.03. The van der Waals surface area contributed by atoms with Gasteiger partial charge in [0.2, 0.25) is 0 Å². The van der Waals surface area contributed by atoms with E-state index in [1.807, 2.05) is 57.2 Å². The lowest BCUT2D eigenvalue weighted by atomic mass is 10.1. The molecule has 0 saturated heterocycles. The van der Waals surface area contributed by atoms with Crippen molar-refractivity contribution in [2.24, 2.45) is 0 Å². The van der Waals surface area contributed by atoms with Gasteiger partial charge in [-0.25, -0.2) is 0 Å². The predicted molar refractivity (Wildman–Crippen MR) is 82.5 cm³/mol. The van der Waals surface area contributed by atoms with Crippen molar-refractivity contribution in [1.29, 1.82) is 0 Å². The molecule has 2 rings (SSSR count). The third kappa shape index (κ3) is 3.44. The molecule has 0 saturated carbocycles. The van der Waals surface area contributed by atoms with Gasteiger partial charge in [0, 0.05) is 12.2 Å². The molecule has 0 heterocycles. The third-order valence-corrected chi connectivity index (χ3v) is 3.21. The van der Waals surface area contributed by atoms with E-state index in [0.717, 1.165) is 34.7 Å². The summed E-state index contributed by atoms with van der Waals surface area (Å²) in [6, 6.07) is 11.9. The van der Waals surface area contributed by atoms with Gasteiger partial charge >= 0.3 is 0 Å². The van der Waals surface area contributed by atoms with E-state index in [4.69, 9.17) is 4.74 Å². The average molecular weight is 271 g/mol. The minimum atomic E-state index is 0.384. The van der Waals surface area contributed by atoms with Gasteiger partial charge in [-0.3, -0.25) is 0 Å². The molecule has 0 bridgehead atoms. The van der Waals surface area contributed by atoms with Crippen LogP contribution >= 0.6 is 0 Å². The van der Waals surface area contributed by atoms with Crippen LogP contribution in [0.2, 0.25) is 0 Å². The monoisotopic (exact) mass is 271 g/mol. The fraction of sp³-hybridized carbons (Fsp3) is 0.294. The van der Waals surface area contributed by atoms with Crippen molar-refractivity contribution in [2.45, 2.75) is 27.3 Å². The van der Waals surface area contributed by atoms with Gasteiger partial charge in [0.1, 0.15) is 11.5 Å². The Balaban J connectivity index is 2.01. The van der Waals surface area contributed by atoms with E-state index in [1.165, 1.54) is 0 Å². The van der Waals surface area contributed by atoms with Gasteiger partial charge in [-0.2, -0.15) is 0 Å². The Morgan fingerprint density at radius 3 is 2.20 bits per heavy atom. The van der Waals surface area contributed by atoms with Crippen molar-refractivity contribution < 1.29 is 9.84 Å². The summed E-state index contributed by atoms with van der Waals surface area (Å²) in [5.74, 6) is 1.27. The first-order valence-corrected chi connectivity index (χ1v) is 6.86. The van der Waals surface area contributed by atoms with Crippen molar-refractivity contribution >= 4 is 5.69 Å². The van der Waals surface area contributed by atoms with Crippen LogP contribution in [0.5, 0.6) is 11.5 Å². The summed E-state index contributed by atoms with van der Waals surface area (Å²) in [6.07, 6.45) is 0. The highest BCUT2D eigenvalue weighted by molar-refractivity contribution is 5.48.